The Balaban J connectivity index is 1.96. The van der Waals surface area contributed by atoms with Gasteiger partial charge in [-0.1, -0.05) is 32.6 Å². The van der Waals surface area contributed by atoms with E-state index in [4.69, 9.17) is 10.8 Å². The maximum atomic E-state index is 5.71. The van der Waals surface area contributed by atoms with E-state index in [1.54, 1.807) is 0 Å². The van der Waals surface area contributed by atoms with E-state index in [9.17, 15) is 0 Å². The zero-order valence-electron chi connectivity index (χ0n) is 11.7. The quantitative estimate of drug-likeness (QED) is 0.342. The van der Waals surface area contributed by atoms with Crippen molar-refractivity contribution in [3.63, 3.8) is 0 Å². The lowest BCUT2D eigenvalue weighted by molar-refractivity contribution is 0.372. The Bertz CT molecular complexity index is 267. The molecule has 4 nitrogen and oxygen atoms in total. The molecule has 0 heterocycles. The molecule has 3 N–H and O–H groups in total. The number of guanidine groups is 1. The first-order valence-corrected chi connectivity index (χ1v) is 7.66. The summed E-state index contributed by atoms with van der Waals surface area (Å²) in [5, 5.41) is 0. The topological polar surface area (TPSA) is 53.6 Å². The van der Waals surface area contributed by atoms with E-state index in [1.807, 2.05) is 0 Å². The zero-order valence-corrected chi connectivity index (χ0v) is 11.7. The van der Waals surface area contributed by atoms with E-state index in [0.29, 0.717) is 12.1 Å². The number of hydrogen-bond acceptors (Lipinski definition) is 2. The summed E-state index contributed by atoms with van der Waals surface area (Å²) in [6.45, 7) is 3.33. The molecule has 0 atom stereocenters. The van der Waals surface area contributed by atoms with Gasteiger partial charge in [0.05, 0.1) is 6.04 Å². The lowest BCUT2D eigenvalue weighted by Gasteiger charge is -2.27. The predicted molar refractivity (Wildman–Crippen MR) is 76.3 cm³/mol. The maximum absolute atomic E-state index is 5.71. The van der Waals surface area contributed by atoms with Gasteiger partial charge >= 0.3 is 0 Å². The van der Waals surface area contributed by atoms with Crippen LogP contribution in [-0.2, 0) is 0 Å². The van der Waals surface area contributed by atoms with Crippen LogP contribution in [-0.4, -0.2) is 29.5 Å². The molecule has 0 unspecified atom stereocenters. The maximum Gasteiger partial charge on any atom is 0.208 e. The summed E-state index contributed by atoms with van der Waals surface area (Å²) in [4.78, 5) is 7.28. The highest BCUT2D eigenvalue weighted by Crippen LogP contribution is 2.28. The molecule has 2 aliphatic rings. The molecule has 2 fully saturated rings. The molecule has 0 spiro atoms. The van der Waals surface area contributed by atoms with E-state index < -0.39 is 0 Å². The fraction of sp³-hybridized carbons (Fsp3) is 0.929. The standard InChI is InChI=1S/C14H28N4/c1-2-3-11-18(13-9-10-13)14(17-15)16-12-7-5-4-6-8-12/h12-13H,2-11,15H2,1H3,(H,16,17). The monoisotopic (exact) mass is 252 g/mol. The van der Waals surface area contributed by atoms with Gasteiger partial charge in [0.15, 0.2) is 0 Å². The van der Waals surface area contributed by atoms with E-state index in [2.05, 4.69) is 17.2 Å². The van der Waals surface area contributed by atoms with Gasteiger partial charge in [-0.05, 0) is 32.1 Å². The molecule has 0 amide bonds. The SMILES string of the molecule is CCCCN(C(=NC1CCCCC1)NN)C1CC1. The molecule has 0 bridgehead atoms. The van der Waals surface area contributed by atoms with Gasteiger partial charge in [-0.3, -0.25) is 5.43 Å². The second-order valence-electron chi connectivity index (χ2n) is 5.67. The summed E-state index contributed by atoms with van der Waals surface area (Å²) in [6, 6.07) is 1.18. The Morgan fingerprint density at radius 2 is 1.94 bits per heavy atom. The number of unbranched alkanes of at least 4 members (excludes halogenated alkanes) is 1. The molecular weight excluding hydrogens is 224 g/mol. The van der Waals surface area contributed by atoms with Gasteiger partial charge in [0.25, 0.3) is 0 Å². The van der Waals surface area contributed by atoms with Crippen LogP contribution < -0.4 is 11.3 Å². The fourth-order valence-electron chi connectivity index (χ4n) is 2.75. The minimum absolute atomic E-state index is 0.493. The predicted octanol–water partition coefficient (Wildman–Crippen LogP) is 2.40. The second-order valence-corrected chi connectivity index (χ2v) is 5.67. The van der Waals surface area contributed by atoms with Crippen molar-refractivity contribution in [2.24, 2.45) is 10.8 Å². The lowest BCUT2D eigenvalue weighted by Crippen LogP contribution is -2.47. The smallest absolute Gasteiger partial charge is 0.208 e. The van der Waals surface area contributed by atoms with Gasteiger partial charge in [-0.25, -0.2) is 10.8 Å². The van der Waals surface area contributed by atoms with Gasteiger partial charge in [-0.2, -0.15) is 0 Å². The van der Waals surface area contributed by atoms with Crippen molar-refractivity contribution in [1.82, 2.24) is 10.3 Å². The third-order valence-corrected chi connectivity index (χ3v) is 4.02. The first kappa shape index (κ1) is 13.7. The van der Waals surface area contributed by atoms with Gasteiger partial charge in [0, 0.05) is 12.6 Å². The van der Waals surface area contributed by atoms with Crippen molar-refractivity contribution in [3.05, 3.63) is 0 Å². The number of nitrogens with zero attached hydrogens (tertiary/aromatic N) is 2. The fourth-order valence-corrected chi connectivity index (χ4v) is 2.75. The first-order chi connectivity index (χ1) is 8.85. The van der Waals surface area contributed by atoms with Crippen molar-refractivity contribution >= 4 is 5.96 Å². The van der Waals surface area contributed by atoms with Crippen LogP contribution >= 0.6 is 0 Å². The number of rotatable bonds is 5. The summed E-state index contributed by atoms with van der Waals surface area (Å²) in [5.41, 5.74) is 2.86. The van der Waals surface area contributed by atoms with Crippen LogP contribution in [0.25, 0.3) is 0 Å². The van der Waals surface area contributed by atoms with Crippen molar-refractivity contribution in [2.75, 3.05) is 6.54 Å². The van der Waals surface area contributed by atoms with Crippen LogP contribution in [0.1, 0.15) is 64.7 Å². The van der Waals surface area contributed by atoms with Gasteiger partial charge < -0.3 is 4.90 Å². The molecule has 0 aromatic rings. The van der Waals surface area contributed by atoms with Crippen molar-refractivity contribution in [2.45, 2.75) is 76.8 Å². The molecule has 0 aromatic heterocycles. The third kappa shape index (κ3) is 3.87. The summed E-state index contributed by atoms with van der Waals surface area (Å²) < 4.78 is 0. The molecule has 4 heteroatoms. The summed E-state index contributed by atoms with van der Waals surface area (Å²) >= 11 is 0. The third-order valence-electron chi connectivity index (χ3n) is 4.02. The minimum atomic E-state index is 0.493. The zero-order chi connectivity index (χ0) is 12.8. The molecule has 2 aliphatic carbocycles. The number of nitrogens with two attached hydrogens (primary N) is 1. The second kappa shape index (κ2) is 6.98. The molecule has 0 aliphatic heterocycles. The summed E-state index contributed by atoms with van der Waals surface area (Å²) in [7, 11) is 0. The van der Waals surface area contributed by atoms with Crippen molar-refractivity contribution < 1.29 is 0 Å². The van der Waals surface area contributed by atoms with E-state index in [0.717, 1.165) is 12.5 Å². The highest BCUT2D eigenvalue weighted by molar-refractivity contribution is 5.80. The van der Waals surface area contributed by atoms with Crippen molar-refractivity contribution in [1.29, 1.82) is 0 Å². The van der Waals surface area contributed by atoms with Crippen LogP contribution in [0.3, 0.4) is 0 Å². The average molecular weight is 252 g/mol. The normalized spacial score (nSPS) is 22.0. The van der Waals surface area contributed by atoms with E-state index >= 15 is 0 Å². The van der Waals surface area contributed by atoms with Gasteiger partial charge in [0.2, 0.25) is 5.96 Å². The van der Waals surface area contributed by atoms with E-state index in [1.165, 1.54) is 57.8 Å². The molecule has 104 valence electrons. The highest BCUT2D eigenvalue weighted by atomic mass is 15.4. The van der Waals surface area contributed by atoms with Crippen LogP contribution in [0, 0.1) is 0 Å². The van der Waals surface area contributed by atoms with Crippen molar-refractivity contribution in [3.8, 4) is 0 Å². The number of nitrogens with one attached hydrogen (secondary N) is 1. The Kier molecular flexibility index (Phi) is 5.29. The molecule has 0 radical (unpaired) electrons. The van der Waals surface area contributed by atoms with E-state index in [-0.39, 0.29) is 0 Å². The number of aliphatic imine (C=N–C) groups is 1. The summed E-state index contributed by atoms with van der Waals surface area (Å²) in [6.07, 6.45) is 11.5. The average Bonchev–Trinajstić information content (AvgIpc) is 3.23. The van der Waals surface area contributed by atoms with Crippen LogP contribution in [0.2, 0.25) is 0 Å². The minimum Gasteiger partial charge on any atom is -0.339 e. The Morgan fingerprint density at radius 1 is 1.22 bits per heavy atom. The summed E-state index contributed by atoms with van der Waals surface area (Å²) in [5.74, 6) is 6.65. The molecule has 2 rings (SSSR count). The van der Waals surface area contributed by atoms with Gasteiger partial charge in [-0.15, -0.1) is 0 Å². The van der Waals surface area contributed by atoms with Gasteiger partial charge in [0.1, 0.15) is 0 Å². The first-order valence-electron chi connectivity index (χ1n) is 7.66. The molecule has 18 heavy (non-hydrogen) atoms. The Morgan fingerprint density at radius 3 is 2.50 bits per heavy atom. The highest BCUT2D eigenvalue weighted by Gasteiger charge is 2.31. The molecule has 2 saturated carbocycles. The van der Waals surface area contributed by atoms with Crippen LogP contribution in [0.5, 0.6) is 0 Å². The Labute approximate surface area is 111 Å². The van der Waals surface area contributed by atoms with Crippen LogP contribution in [0.15, 0.2) is 4.99 Å². The molecule has 0 aromatic carbocycles. The Hall–Kier alpha value is -0.770. The van der Waals surface area contributed by atoms with Crippen LogP contribution in [0.4, 0.5) is 0 Å². The largest absolute Gasteiger partial charge is 0.339 e. The number of hydrazine groups is 1. The molecule has 0 saturated heterocycles. The lowest BCUT2D eigenvalue weighted by atomic mass is 9.96. The molecular formula is C14H28N4. The number of hydrogen-bond donors (Lipinski definition) is 2.